The van der Waals surface area contributed by atoms with Crippen LogP contribution in [0.15, 0.2) is 6.20 Å². The molecule has 0 aromatic carbocycles. The molecule has 1 aromatic heterocycles. The smallest absolute Gasteiger partial charge is 0.410 e. The minimum Gasteiger partial charge on any atom is -0.465 e. The normalized spacial score (nSPS) is 30.1. The molecule has 9 nitrogen and oxygen atoms in total. The van der Waals surface area contributed by atoms with Crippen LogP contribution in [0, 0.1) is 11.2 Å². The molecule has 1 spiro atoms. The predicted molar refractivity (Wildman–Crippen MR) is 102 cm³/mol. The summed E-state index contributed by atoms with van der Waals surface area (Å²) in [4.78, 5) is 36.1. The van der Waals surface area contributed by atoms with E-state index in [4.69, 9.17) is 5.11 Å². The first-order valence-electron chi connectivity index (χ1n) is 10.1. The molecule has 1 saturated carbocycles. The lowest BCUT2D eigenvalue weighted by molar-refractivity contribution is -0.139. The van der Waals surface area contributed by atoms with Gasteiger partial charge in [0.25, 0.3) is 0 Å². The van der Waals surface area contributed by atoms with Gasteiger partial charge in [-0.05, 0) is 44.9 Å². The lowest BCUT2D eigenvalue weighted by atomic mass is 9.78. The number of carbonyl (C=O) groups is 2. The molecule has 4 rings (SSSR count). The number of amides is 2. The number of aliphatic hydroxyl groups excluding tert-OH is 1. The SMILES string of the molecule is O=C(O)Nc1nc(N2CCC[C@@]3(CCN([C@H]4CC[C@H](O)CC4)C3=O)C2)ncc1F. The molecule has 10 heteroatoms. The van der Waals surface area contributed by atoms with Crippen molar-refractivity contribution in [3.05, 3.63) is 12.0 Å². The fraction of sp³-hybridized carbons (Fsp3) is 0.684. The number of hydrogen-bond acceptors (Lipinski definition) is 6. The van der Waals surface area contributed by atoms with Gasteiger partial charge in [0.1, 0.15) is 0 Å². The monoisotopic (exact) mass is 407 g/mol. The molecule has 3 fully saturated rings. The molecular formula is C19H26FN5O4. The first-order valence-corrected chi connectivity index (χ1v) is 10.1. The number of piperidine rings is 1. The van der Waals surface area contributed by atoms with Crippen LogP contribution in [0.1, 0.15) is 44.9 Å². The summed E-state index contributed by atoms with van der Waals surface area (Å²) in [6, 6.07) is 0.189. The number of nitrogens with zero attached hydrogens (tertiary/aromatic N) is 4. The molecule has 0 unspecified atom stereocenters. The van der Waals surface area contributed by atoms with Crippen molar-refractivity contribution in [3.63, 3.8) is 0 Å². The Balaban J connectivity index is 1.50. The molecule has 1 aliphatic carbocycles. The van der Waals surface area contributed by atoms with Gasteiger partial charge in [0.2, 0.25) is 11.9 Å². The average Bonchev–Trinajstić information content (AvgIpc) is 3.00. The molecule has 3 aliphatic rings. The first kappa shape index (κ1) is 19.8. The molecular weight excluding hydrogens is 381 g/mol. The van der Waals surface area contributed by atoms with Crippen molar-refractivity contribution in [2.75, 3.05) is 29.9 Å². The highest BCUT2D eigenvalue weighted by Gasteiger charge is 2.51. The van der Waals surface area contributed by atoms with E-state index in [1.54, 1.807) is 0 Å². The zero-order valence-electron chi connectivity index (χ0n) is 16.2. The van der Waals surface area contributed by atoms with Crippen LogP contribution < -0.4 is 10.2 Å². The van der Waals surface area contributed by atoms with E-state index in [1.807, 2.05) is 15.1 Å². The van der Waals surface area contributed by atoms with Crippen molar-refractivity contribution >= 4 is 23.8 Å². The van der Waals surface area contributed by atoms with Crippen molar-refractivity contribution in [1.82, 2.24) is 14.9 Å². The minimum atomic E-state index is -1.40. The van der Waals surface area contributed by atoms with E-state index in [0.717, 1.165) is 51.1 Å². The maximum atomic E-state index is 13.8. The average molecular weight is 407 g/mol. The van der Waals surface area contributed by atoms with E-state index in [9.17, 15) is 19.1 Å². The third-order valence-corrected chi connectivity index (χ3v) is 6.47. The largest absolute Gasteiger partial charge is 0.465 e. The molecule has 0 bridgehead atoms. The number of likely N-dealkylation sites (tertiary alicyclic amines) is 1. The van der Waals surface area contributed by atoms with Crippen LogP contribution in [0.25, 0.3) is 0 Å². The summed E-state index contributed by atoms with van der Waals surface area (Å²) in [7, 11) is 0. The number of anilines is 2. The first-order chi connectivity index (χ1) is 13.9. The van der Waals surface area contributed by atoms with Crippen LogP contribution in [0.5, 0.6) is 0 Å². The van der Waals surface area contributed by atoms with Gasteiger partial charge >= 0.3 is 6.09 Å². The fourth-order valence-corrected chi connectivity index (χ4v) is 4.95. The van der Waals surface area contributed by atoms with Crippen molar-refractivity contribution < 1.29 is 24.2 Å². The van der Waals surface area contributed by atoms with Gasteiger partial charge in [-0.2, -0.15) is 4.98 Å². The Morgan fingerprint density at radius 2 is 2.00 bits per heavy atom. The number of aromatic nitrogens is 2. The number of rotatable bonds is 3. The zero-order chi connectivity index (χ0) is 20.6. The van der Waals surface area contributed by atoms with Gasteiger partial charge in [-0.1, -0.05) is 0 Å². The predicted octanol–water partition coefficient (Wildman–Crippen LogP) is 1.83. The molecule has 1 aromatic rings. The van der Waals surface area contributed by atoms with Gasteiger partial charge in [0, 0.05) is 25.7 Å². The molecule has 3 N–H and O–H groups in total. The Labute approximate surface area is 167 Å². The Bertz CT molecular complexity index is 801. The summed E-state index contributed by atoms with van der Waals surface area (Å²) in [6.45, 7) is 1.78. The third-order valence-electron chi connectivity index (χ3n) is 6.47. The summed E-state index contributed by atoms with van der Waals surface area (Å²) < 4.78 is 13.8. The summed E-state index contributed by atoms with van der Waals surface area (Å²) in [5, 5.41) is 20.5. The molecule has 2 saturated heterocycles. The van der Waals surface area contributed by atoms with Crippen molar-refractivity contribution in [1.29, 1.82) is 0 Å². The number of carbonyl (C=O) groups excluding carboxylic acids is 1. The number of carboxylic acid groups (broad SMARTS) is 1. The van der Waals surface area contributed by atoms with Crippen molar-refractivity contribution in [3.8, 4) is 0 Å². The maximum Gasteiger partial charge on any atom is 0.410 e. The van der Waals surface area contributed by atoms with Gasteiger partial charge in [-0.3, -0.25) is 10.1 Å². The van der Waals surface area contributed by atoms with Crippen molar-refractivity contribution in [2.45, 2.75) is 57.1 Å². The van der Waals surface area contributed by atoms with Crippen LogP contribution >= 0.6 is 0 Å². The zero-order valence-corrected chi connectivity index (χ0v) is 16.2. The van der Waals surface area contributed by atoms with Crippen LogP contribution in [-0.4, -0.2) is 68.9 Å². The number of halogens is 1. The third kappa shape index (κ3) is 3.85. The highest BCUT2D eigenvalue weighted by Crippen LogP contribution is 2.43. The highest BCUT2D eigenvalue weighted by molar-refractivity contribution is 5.86. The van der Waals surface area contributed by atoms with E-state index in [1.165, 1.54) is 0 Å². The number of nitrogens with one attached hydrogen (secondary N) is 1. The Hall–Kier alpha value is -2.49. The van der Waals surface area contributed by atoms with Gasteiger partial charge in [0.05, 0.1) is 17.7 Å². The highest BCUT2D eigenvalue weighted by atomic mass is 19.1. The minimum absolute atomic E-state index is 0.148. The quantitative estimate of drug-likeness (QED) is 0.699. The van der Waals surface area contributed by atoms with E-state index in [2.05, 4.69) is 9.97 Å². The Morgan fingerprint density at radius 3 is 2.72 bits per heavy atom. The lowest BCUT2D eigenvalue weighted by Gasteiger charge is -2.40. The molecule has 1 atom stereocenters. The molecule has 158 valence electrons. The standard InChI is InChI=1S/C19H26FN5O4/c20-14-10-21-17(22-15(14)23-18(28)29)24-8-1-6-19(11-24)7-9-25(16(19)27)12-2-4-13(26)5-3-12/h10,12-13,26H,1-9,11H2,(H,28,29)(H,21,22,23)/t12-,13-,19-/m1/s1. The van der Waals surface area contributed by atoms with Crippen LogP contribution in [0.2, 0.25) is 0 Å². The Kier molecular flexibility index (Phi) is 5.28. The molecule has 0 radical (unpaired) electrons. The van der Waals surface area contributed by atoms with Gasteiger partial charge in [-0.25, -0.2) is 14.2 Å². The number of aliphatic hydroxyl groups is 1. The van der Waals surface area contributed by atoms with E-state index < -0.39 is 17.3 Å². The number of hydrogen-bond donors (Lipinski definition) is 3. The van der Waals surface area contributed by atoms with Gasteiger partial charge < -0.3 is 20.0 Å². The second-order valence-electron chi connectivity index (χ2n) is 8.31. The second kappa shape index (κ2) is 7.74. The van der Waals surface area contributed by atoms with Crippen molar-refractivity contribution in [2.24, 2.45) is 5.41 Å². The van der Waals surface area contributed by atoms with Gasteiger partial charge in [0.15, 0.2) is 11.6 Å². The second-order valence-corrected chi connectivity index (χ2v) is 8.31. The van der Waals surface area contributed by atoms with E-state index in [0.29, 0.717) is 19.6 Å². The maximum absolute atomic E-state index is 13.8. The van der Waals surface area contributed by atoms with Crippen LogP contribution in [-0.2, 0) is 4.79 Å². The molecule has 29 heavy (non-hydrogen) atoms. The molecule has 3 heterocycles. The van der Waals surface area contributed by atoms with Crippen LogP contribution in [0.3, 0.4) is 0 Å². The van der Waals surface area contributed by atoms with Gasteiger partial charge in [-0.15, -0.1) is 0 Å². The van der Waals surface area contributed by atoms with Crippen LogP contribution in [0.4, 0.5) is 21.0 Å². The van der Waals surface area contributed by atoms with E-state index >= 15 is 0 Å². The lowest BCUT2D eigenvalue weighted by Crippen LogP contribution is -2.50. The summed E-state index contributed by atoms with van der Waals surface area (Å²) in [5.41, 5.74) is -0.507. The summed E-state index contributed by atoms with van der Waals surface area (Å²) >= 11 is 0. The Morgan fingerprint density at radius 1 is 1.24 bits per heavy atom. The fourth-order valence-electron chi connectivity index (χ4n) is 4.95. The summed E-state index contributed by atoms with van der Waals surface area (Å²) in [6.07, 6.45) is 4.74. The summed E-state index contributed by atoms with van der Waals surface area (Å²) in [5.74, 6) is -0.858. The molecule has 2 aliphatic heterocycles. The molecule has 2 amide bonds. The topological polar surface area (TPSA) is 119 Å². The van der Waals surface area contributed by atoms with E-state index in [-0.39, 0.29) is 29.8 Å².